The Morgan fingerprint density at radius 1 is 1.21 bits per heavy atom. The highest BCUT2D eigenvalue weighted by molar-refractivity contribution is 6.31. The fourth-order valence-electron chi connectivity index (χ4n) is 2.40. The van der Waals surface area contributed by atoms with E-state index in [9.17, 15) is 0 Å². The highest BCUT2D eigenvalue weighted by Crippen LogP contribution is 2.29. The molecule has 0 unspecified atom stereocenters. The lowest BCUT2D eigenvalue weighted by Gasteiger charge is -2.08. The summed E-state index contributed by atoms with van der Waals surface area (Å²) in [5, 5.41) is 0.573. The van der Waals surface area contributed by atoms with Crippen LogP contribution in [0.2, 0.25) is 5.02 Å². The molecule has 0 amide bonds. The van der Waals surface area contributed by atoms with Crippen molar-refractivity contribution in [3.63, 3.8) is 0 Å². The number of hydrogen-bond acceptors (Lipinski definition) is 3. The maximum Gasteiger partial charge on any atom is 0.219 e. The Labute approximate surface area is 117 Å². The maximum atomic E-state index is 5.98. The van der Waals surface area contributed by atoms with Crippen molar-refractivity contribution in [2.75, 3.05) is 0 Å². The molecule has 0 spiro atoms. The largest absolute Gasteiger partial charge is 0.439 e. The van der Waals surface area contributed by atoms with E-state index in [1.165, 1.54) is 24.0 Å². The molecule has 0 atom stereocenters. The van der Waals surface area contributed by atoms with Crippen LogP contribution in [0.1, 0.15) is 23.1 Å². The van der Waals surface area contributed by atoms with Gasteiger partial charge in [-0.3, -0.25) is 0 Å². The summed E-state index contributed by atoms with van der Waals surface area (Å²) in [7, 11) is 0. The molecule has 3 nitrogen and oxygen atoms in total. The zero-order chi connectivity index (χ0) is 13.2. The number of benzene rings is 1. The summed E-state index contributed by atoms with van der Waals surface area (Å²) in [6.45, 7) is 0.377. The van der Waals surface area contributed by atoms with Gasteiger partial charge in [0.2, 0.25) is 5.88 Å². The Morgan fingerprint density at radius 2 is 2.05 bits per heavy atom. The molecule has 0 fully saturated rings. The van der Waals surface area contributed by atoms with Crippen molar-refractivity contribution in [3.05, 3.63) is 52.2 Å². The van der Waals surface area contributed by atoms with Crippen LogP contribution in [0.25, 0.3) is 0 Å². The lowest BCUT2D eigenvalue weighted by atomic mass is 10.1. The van der Waals surface area contributed by atoms with E-state index < -0.39 is 0 Å². The van der Waals surface area contributed by atoms with Crippen LogP contribution >= 0.6 is 11.6 Å². The van der Waals surface area contributed by atoms with Gasteiger partial charge in [-0.05, 0) is 48.1 Å². The number of pyridine rings is 1. The highest BCUT2D eigenvalue weighted by Gasteiger charge is 2.12. The quantitative estimate of drug-likeness (QED) is 0.932. The second-order valence-corrected chi connectivity index (χ2v) is 5.11. The first kappa shape index (κ1) is 12.5. The van der Waals surface area contributed by atoms with Gasteiger partial charge in [-0.25, -0.2) is 4.98 Å². The van der Waals surface area contributed by atoms with Gasteiger partial charge in [0.05, 0.1) is 5.02 Å². The van der Waals surface area contributed by atoms with Gasteiger partial charge in [-0.2, -0.15) is 0 Å². The monoisotopic (exact) mass is 274 g/mol. The van der Waals surface area contributed by atoms with Crippen molar-refractivity contribution >= 4 is 11.6 Å². The number of hydrogen-bond donors (Lipinski definition) is 1. The lowest BCUT2D eigenvalue weighted by Crippen LogP contribution is -1.99. The minimum atomic E-state index is 0.377. The maximum absolute atomic E-state index is 5.98. The molecule has 2 aromatic rings. The first-order chi connectivity index (χ1) is 9.26. The van der Waals surface area contributed by atoms with E-state index in [1.54, 1.807) is 12.3 Å². The van der Waals surface area contributed by atoms with Gasteiger partial charge >= 0.3 is 0 Å². The second-order valence-electron chi connectivity index (χ2n) is 4.70. The lowest BCUT2D eigenvalue weighted by molar-refractivity contribution is 0.461. The zero-order valence-electron chi connectivity index (χ0n) is 10.5. The molecule has 0 saturated carbocycles. The van der Waals surface area contributed by atoms with E-state index in [0.29, 0.717) is 17.4 Å². The third kappa shape index (κ3) is 2.57. The van der Waals surface area contributed by atoms with Crippen LogP contribution in [0.3, 0.4) is 0 Å². The molecule has 0 aliphatic heterocycles. The molecule has 98 valence electrons. The standard InChI is InChI=1S/C15H15ClN2O/c16-14-9-18-15(7-12(14)8-17)19-13-5-4-10-2-1-3-11(10)6-13/h4-7,9H,1-3,8,17H2. The molecule has 1 aromatic heterocycles. The van der Waals surface area contributed by atoms with Crippen molar-refractivity contribution < 1.29 is 4.74 Å². The van der Waals surface area contributed by atoms with E-state index in [1.807, 2.05) is 6.07 Å². The van der Waals surface area contributed by atoms with Crippen LogP contribution in [0.4, 0.5) is 0 Å². The molecule has 3 rings (SSSR count). The number of nitrogens with zero attached hydrogens (tertiary/aromatic N) is 1. The molecule has 1 aliphatic carbocycles. The van der Waals surface area contributed by atoms with E-state index in [0.717, 1.165) is 17.7 Å². The van der Waals surface area contributed by atoms with Crippen LogP contribution in [0, 0.1) is 0 Å². The number of aromatic nitrogens is 1. The Kier molecular flexibility index (Phi) is 3.40. The Balaban J connectivity index is 1.85. The number of fused-ring (bicyclic) bond motifs is 1. The summed E-state index contributed by atoms with van der Waals surface area (Å²) in [6.07, 6.45) is 5.11. The van der Waals surface area contributed by atoms with Crippen molar-refractivity contribution in [3.8, 4) is 11.6 Å². The van der Waals surface area contributed by atoms with Crippen LogP contribution in [-0.2, 0) is 19.4 Å². The third-order valence-electron chi connectivity index (χ3n) is 3.42. The number of nitrogens with two attached hydrogens (primary N) is 1. The Bertz CT molecular complexity index is 604. The Morgan fingerprint density at radius 3 is 2.89 bits per heavy atom. The molecule has 1 aliphatic rings. The Hall–Kier alpha value is -1.58. The summed E-state index contributed by atoms with van der Waals surface area (Å²) < 4.78 is 5.78. The van der Waals surface area contributed by atoms with Crippen LogP contribution < -0.4 is 10.5 Å². The number of halogens is 1. The van der Waals surface area contributed by atoms with Crippen LogP contribution in [0.15, 0.2) is 30.5 Å². The SMILES string of the molecule is NCc1cc(Oc2ccc3c(c2)CCC3)ncc1Cl. The molecule has 0 bridgehead atoms. The molecule has 1 heterocycles. The zero-order valence-corrected chi connectivity index (χ0v) is 11.3. The molecule has 4 heteroatoms. The molecule has 0 radical (unpaired) electrons. The van der Waals surface area contributed by atoms with Crippen molar-refractivity contribution in [2.45, 2.75) is 25.8 Å². The highest BCUT2D eigenvalue weighted by atomic mass is 35.5. The predicted octanol–water partition coefficient (Wildman–Crippen LogP) is 3.47. The first-order valence-corrected chi connectivity index (χ1v) is 6.78. The first-order valence-electron chi connectivity index (χ1n) is 6.40. The van der Waals surface area contributed by atoms with Gasteiger partial charge in [0.25, 0.3) is 0 Å². The van der Waals surface area contributed by atoms with Crippen molar-refractivity contribution in [1.29, 1.82) is 0 Å². The predicted molar refractivity (Wildman–Crippen MR) is 75.7 cm³/mol. The fourth-order valence-corrected chi connectivity index (χ4v) is 2.58. The van der Waals surface area contributed by atoms with Crippen molar-refractivity contribution in [1.82, 2.24) is 4.98 Å². The van der Waals surface area contributed by atoms with Gasteiger partial charge in [0.15, 0.2) is 0 Å². The van der Waals surface area contributed by atoms with Gasteiger partial charge in [0.1, 0.15) is 5.75 Å². The van der Waals surface area contributed by atoms with E-state index >= 15 is 0 Å². The van der Waals surface area contributed by atoms with Crippen molar-refractivity contribution in [2.24, 2.45) is 5.73 Å². The molecule has 1 aromatic carbocycles. The van der Waals surface area contributed by atoms with Gasteiger partial charge in [-0.1, -0.05) is 17.7 Å². The minimum Gasteiger partial charge on any atom is -0.439 e. The average Bonchev–Trinajstić information content (AvgIpc) is 2.88. The topological polar surface area (TPSA) is 48.1 Å². The van der Waals surface area contributed by atoms with Gasteiger partial charge in [-0.15, -0.1) is 0 Å². The summed E-state index contributed by atoms with van der Waals surface area (Å²) in [6, 6.07) is 8.01. The fraction of sp³-hybridized carbons (Fsp3) is 0.267. The molecular formula is C15H15ClN2O. The summed E-state index contributed by atoms with van der Waals surface area (Å²) in [5.74, 6) is 1.35. The minimum absolute atomic E-state index is 0.377. The summed E-state index contributed by atoms with van der Waals surface area (Å²) >= 11 is 5.98. The molecule has 2 N–H and O–H groups in total. The smallest absolute Gasteiger partial charge is 0.219 e. The van der Waals surface area contributed by atoms with E-state index in [-0.39, 0.29) is 0 Å². The van der Waals surface area contributed by atoms with E-state index in [2.05, 4.69) is 17.1 Å². The average molecular weight is 275 g/mol. The number of rotatable bonds is 3. The molecule has 19 heavy (non-hydrogen) atoms. The molecule has 0 saturated heterocycles. The van der Waals surface area contributed by atoms with Crippen LogP contribution in [-0.4, -0.2) is 4.98 Å². The molecular weight excluding hydrogens is 260 g/mol. The summed E-state index contributed by atoms with van der Waals surface area (Å²) in [4.78, 5) is 4.17. The summed E-state index contributed by atoms with van der Waals surface area (Å²) in [5.41, 5.74) is 9.27. The third-order valence-corrected chi connectivity index (χ3v) is 3.76. The van der Waals surface area contributed by atoms with Gasteiger partial charge in [0, 0.05) is 18.8 Å². The number of ether oxygens (including phenoxy) is 1. The van der Waals surface area contributed by atoms with Gasteiger partial charge < -0.3 is 10.5 Å². The van der Waals surface area contributed by atoms with E-state index in [4.69, 9.17) is 22.1 Å². The number of aryl methyl sites for hydroxylation is 2. The second kappa shape index (κ2) is 5.19. The normalized spacial score (nSPS) is 13.4. The van der Waals surface area contributed by atoms with Crippen LogP contribution in [0.5, 0.6) is 11.6 Å².